The van der Waals surface area contributed by atoms with Crippen LogP contribution in [0.1, 0.15) is 16.7 Å². The predicted molar refractivity (Wildman–Crippen MR) is 79.4 cm³/mol. The van der Waals surface area contributed by atoms with Crippen LogP contribution in [0.2, 0.25) is 5.02 Å². The molecule has 2 aromatic rings. The topological polar surface area (TPSA) is 9.23 Å². The molecule has 0 N–H and O–H groups in total. The zero-order valence-corrected chi connectivity index (χ0v) is 12.7. The minimum Gasteiger partial charge on any atom is -0.487 e. The Labute approximate surface area is 121 Å². The maximum absolute atomic E-state index is 6.08. The van der Waals surface area contributed by atoms with Crippen molar-refractivity contribution < 1.29 is 4.74 Å². The van der Waals surface area contributed by atoms with Gasteiger partial charge < -0.3 is 4.74 Å². The van der Waals surface area contributed by atoms with Gasteiger partial charge >= 0.3 is 0 Å². The second-order valence-corrected chi connectivity index (χ2v) is 5.68. The fourth-order valence-corrected chi connectivity index (χ4v) is 2.41. The van der Waals surface area contributed by atoms with Gasteiger partial charge in [0.1, 0.15) is 12.4 Å². The van der Waals surface area contributed by atoms with Crippen LogP contribution in [0.25, 0.3) is 0 Å². The van der Waals surface area contributed by atoms with Gasteiger partial charge in [-0.25, -0.2) is 0 Å². The zero-order chi connectivity index (χ0) is 13.1. The molecule has 2 rings (SSSR count). The first-order chi connectivity index (χ1) is 8.54. The second-order valence-electron chi connectivity index (χ2n) is 4.36. The summed E-state index contributed by atoms with van der Waals surface area (Å²) in [4.78, 5) is 0. The maximum Gasteiger partial charge on any atom is 0.139 e. The van der Waals surface area contributed by atoms with E-state index in [0.29, 0.717) is 17.4 Å². The molecule has 0 spiro atoms. The van der Waals surface area contributed by atoms with Crippen molar-refractivity contribution >= 4 is 27.5 Å². The third-order valence-electron chi connectivity index (χ3n) is 2.57. The van der Waals surface area contributed by atoms with Gasteiger partial charge in [0.05, 0.1) is 5.02 Å². The number of aryl methyl sites for hydroxylation is 2. The van der Waals surface area contributed by atoms with E-state index < -0.39 is 0 Å². The molecule has 1 nitrogen and oxygen atoms in total. The van der Waals surface area contributed by atoms with Crippen LogP contribution in [0.4, 0.5) is 0 Å². The lowest BCUT2D eigenvalue weighted by Gasteiger charge is -2.10. The maximum atomic E-state index is 6.08. The van der Waals surface area contributed by atoms with Crippen LogP contribution in [-0.4, -0.2) is 0 Å². The Morgan fingerprint density at radius 3 is 2.39 bits per heavy atom. The highest BCUT2D eigenvalue weighted by molar-refractivity contribution is 9.10. The number of halogens is 2. The Bertz CT molecular complexity index is 546. The molecule has 18 heavy (non-hydrogen) atoms. The molecule has 0 aliphatic rings. The molecule has 0 atom stereocenters. The molecule has 0 radical (unpaired) electrons. The van der Waals surface area contributed by atoms with Gasteiger partial charge in [0.2, 0.25) is 0 Å². The molecule has 0 saturated heterocycles. The van der Waals surface area contributed by atoms with Gasteiger partial charge in [-0.2, -0.15) is 0 Å². The van der Waals surface area contributed by atoms with Crippen molar-refractivity contribution in [2.24, 2.45) is 0 Å². The van der Waals surface area contributed by atoms with E-state index in [0.717, 1.165) is 10.0 Å². The van der Waals surface area contributed by atoms with Crippen LogP contribution in [0.3, 0.4) is 0 Å². The van der Waals surface area contributed by atoms with Gasteiger partial charge in [-0.1, -0.05) is 56.9 Å². The van der Waals surface area contributed by atoms with Crippen molar-refractivity contribution in [2.45, 2.75) is 20.5 Å². The van der Waals surface area contributed by atoms with E-state index in [2.05, 4.69) is 48.0 Å². The summed E-state index contributed by atoms with van der Waals surface area (Å²) in [6, 6.07) is 12.0. The molecular formula is C15H14BrClO. The smallest absolute Gasteiger partial charge is 0.139 e. The number of benzene rings is 2. The molecule has 0 aliphatic carbocycles. The monoisotopic (exact) mass is 324 g/mol. The fourth-order valence-electron chi connectivity index (χ4n) is 1.90. The fraction of sp³-hybridized carbons (Fsp3) is 0.200. The first-order valence-electron chi connectivity index (χ1n) is 5.69. The van der Waals surface area contributed by atoms with Gasteiger partial charge in [0, 0.05) is 4.47 Å². The molecule has 0 heterocycles. The number of rotatable bonds is 3. The highest BCUT2D eigenvalue weighted by Gasteiger charge is 2.03. The van der Waals surface area contributed by atoms with Crippen LogP contribution < -0.4 is 4.74 Å². The average Bonchev–Trinajstić information content (AvgIpc) is 2.29. The van der Waals surface area contributed by atoms with Crippen LogP contribution in [0.15, 0.2) is 40.9 Å². The lowest BCUT2D eigenvalue weighted by Crippen LogP contribution is -1.97. The van der Waals surface area contributed by atoms with Crippen molar-refractivity contribution in [3.63, 3.8) is 0 Å². The molecule has 0 aromatic heterocycles. The van der Waals surface area contributed by atoms with Crippen LogP contribution in [0.5, 0.6) is 5.75 Å². The molecule has 94 valence electrons. The van der Waals surface area contributed by atoms with E-state index in [1.165, 1.54) is 11.1 Å². The van der Waals surface area contributed by atoms with E-state index in [9.17, 15) is 0 Å². The first-order valence-corrected chi connectivity index (χ1v) is 6.87. The van der Waals surface area contributed by atoms with Gasteiger partial charge in [-0.05, 0) is 37.6 Å². The Morgan fingerprint density at radius 2 is 1.72 bits per heavy atom. The largest absolute Gasteiger partial charge is 0.487 e. The highest BCUT2D eigenvalue weighted by atomic mass is 79.9. The molecular weight excluding hydrogens is 312 g/mol. The summed E-state index contributed by atoms with van der Waals surface area (Å²) in [5, 5.41) is 0.627. The number of hydrogen-bond donors (Lipinski definition) is 0. The summed E-state index contributed by atoms with van der Waals surface area (Å²) in [7, 11) is 0. The Morgan fingerprint density at radius 1 is 1.06 bits per heavy atom. The lowest BCUT2D eigenvalue weighted by atomic mass is 10.1. The molecule has 0 amide bonds. The highest BCUT2D eigenvalue weighted by Crippen LogP contribution is 2.28. The van der Waals surface area contributed by atoms with Crippen LogP contribution in [0, 0.1) is 13.8 Å². The lowest BCUT2D eigenvalue weighted by molar-refractivity contribution is 0.306. The predicted octanol–water partition coefficient (Wildman–Crippen LogP) is 5.30. The second kappa shape index (κ2) is 5.77. The third-order valence-corrected chi connectivity index (χ3v) is 3.37. The molecule has 0 saturated carbocycles. The third kappa shape index (κ3) is 3.50. The molecule has 0 bridgehead atoms. The van der Waals surface area contributed by atoms with Gasteiger partial charge in [-0.15, -0.1) is 0 Å². The van der Waals surface area contributed by atoms with Crippen molar-refractivity contribution in [1.29, 1.82) is 0 Å². The van der Waals surface area contributed by atoms with Gasteiger partial charge in [-0.3, -0.25) is 0 Å². The minimum atomic E-state index is 0.526. The standard InChI is InChI=1S/C15H14BrClO/c1-10-5-11(2)7-12(6-10)9-18-15-8-13(16)3-4-14(15)17/h3-8H,9H2,1-2H3. The van der Waals surface area contributed by atoms with Crippen LogP contribution in [-0.2, 0) is 6.61 Å². The molecule has 0 aliphatic heterocycles. The summed E-state index contributed by atoms with van der Waals surface area (Å²) >= 11 is 9.49. The minimum absolute atomic E-state index is 0.526. The molecule has 0 fully saturated rings. The summed E-state index contributed by atoms with van der Waals surface area (Å²) in [6.45, 7) is 4.70. The van der Waals surface area contributed by atoms with E-state index in [1.54, 1.807) is 0 Å². The van der Waals surface area contributed by atoms with Crippen molar-refractivity contribution in [3.05, 3.63) is 62.6 Å². The van der Waals surface area contributed by atoms with E-state index in [4.69, 9.17) is 16.3 Å². The Kier molecular flexibility index (Phi) is 4.31. The normalized spacial score (nSPS) is 10.4. The zero-order valence-electron chi connectivity index (χ0n) is 10.3. The summed E-state index contributed by atoms with van der Waals surface area (Å²) in [6.07, 6.45) is 0. The Hall–Kier alpha value is -0.990. The van der Waals surface area contributed by atoms with Gasteiger partial charge in [0.15, 0.2) is 0 Å². The van der Waals surface area contributed by atoms with Crippen LogP contribution >= 0.6 is 27.5 Å². The Balaban J connectivity index is 2.13. The van der Waals surface area contributed by atoms with Gasteiger partial charge in [0.25, 0.3) is 0 Å². The van der Waals surface area contributed by atoms with E-state index in [1.807, 2.05) is 18.2 Å². The summed E-state index contributed by atoms with van der Waals surface area (Å²) in [5.74, 6) is 0.699. The first kappa shape index (κ1) is 13.4. The average molecular weight is 326 g/mol. The van der Waals surface area contributed by atoms with Crippen molar-refractivity contribution in [2.75, 3.05) is 0 Å². The van der Waals surface area contributed by atoms with E-state index >= 15 is 0 Å². The van der Waals surface area contributed by atoms with E-state index in [-0.39, 0.29) is 0 Å². The number of ether oxygens (including phenoxy) is 1. The summed E-state index contributed by atoms with van der Waals surface area (Å²) in [5.41, 5.74) is 3.64. The summed E-state index contributed by atoms with van der Waals surface area (Å²) < 4.78 is 6.71. The molecule has 2 aromatic carbocycles. The SMILES string of the molecule is Cc1cc(C)cc(COc2cc(Br)ccc2Cl)c1. The quantitative estimate of drug-likeness (QED) is 0.744. The van der Waals surface area contributed by atoms with Crippen molar-refractivity contribution in [3.8, 4) is 5.75 Å². The molecule has 0 unspecified atom stereocenters. The molecule has 3 heteroatoms. The number of hydrogen-bond acceptors (Lipinski definition) is 1. The van der Waals surface area contributed by atoms with Crippen molar-refractivity contribution in [1.82, 2.24) is 0 Å².